The van der Waals surface area contributed by atoms with Gasteiger partial charge in [-0.05, 0) is 24.0 Å². The van der Waals surface area contributed by atoms with Gasteiger partial charge in [0.25, 0.3) is 5.91 Å². The molecule has 0 saturated carbocycles. The number of halogens is 1. The van der Waals surface area contributed by atoms with Crippen LogP contribution in [0.3, 0.4) is 0 Å². The standard InChI is InChI=1S/C12H18ClN3OS/c1-8(7-18-3)5-16-12(17)9-4-11(14-2)15-6-10(9)13/h4,6,8H,5,7H2,1-3H3,(H,14,15)(H,16,17). The molecule has 0 fully saturated rings. The van der Waals surface area contributed by atoms with Crippen molar-refractivity contribution < 1.29 is 4.79 Å². The fourth-order valence-electron chi connectivity index (χ4n) is 1.46. The Kier molecular flexibility index (Phi) is 6.29. The summed E-state index contributed by atoms with van der Waals surface area (Å²) in [6, 6.07) is 1.65. The largest absolute Gasteiger partial charge is 0.373 e. The summed E-state index contributed by atoms with van der Waals surface area (Å²) in [6.45, 7) is 2.75. The van der Waals surface area contributed by atoms with Crippen molar-refractivity contribution in [3.63, 3.8) is 0 Å². The van der Waals surface area contributed by atoms with Gasteiger partial charge in [-0.2, -0.15) is 11.8 Å². The topological polar surface area (TPSA) is 54.0 Å². The summed E-state index contributed by atoms with van der Waals surface area (Å²) in [6.07, 6.45) is 3.53. The molecule has 100 valence electrons. The van der Waals surface area contributed by atoms with Gasteiger partial charge in [-0.15, -0.1) is 0 Å². The molecule has 1 rings (SSSR count). The number of pyridine rings is 1. The van der Waals surface area contributed by atoms with Gasteiger partial charge in [0.05, 0.1) is 10.6 Å². The van der Waals surface area contributed by atoms with Crippen molar-refractivity contribution in [3.05, 3.63) is 22.8 Å². The van der Waals surface area contributed by atoms with Gasteiger partial charge in [-0.25, -0.2) is 4.98 Å². The van der Waals surface area contributed by atoms with E-state index in [-0.39, 0.29) is 5.91 Å². The van der Waals surface area contributed by atoms with Gasteiger partial charge >= 0.3 is 0 Å². The van der Waals surface area contributed by atoms with Crippen molar-refractivity contribution >= 4 is 35.1 Å². The van der Waals surface area contributed by atoms with E-state index in [9.17, 15) is 4.79 Å². The van der Waals surface area contributed by atoms with E-state index in [1.807, 2.05) is 0 Å². The van der Waals surface area contributed by atoms with Gasteiger partial charge in [0.1, 0.15) is 5.82 Å². The monoisotopic (exact) mass is 287 g/mol. The van der Waals surface area contributed by atoms with E-state index in [0.29, 0.717) is 28.9 Å². The molecule has 0 bridgehead atoms. The van der Waals surface area contributed by atoms with Crippen LogP contribution in [-0.4, -0.2) is 36.5 Å². The highest BCUT2D eigenvalue weighted by atomic mass is 35.5. The predicted molar refractivity (Wildman–Crippen MR) is 78.7 cm³/mol. The van der Waals surface area contributed by atoms with Gasteiger partial charge in [-0.1, -0.05) is 18.5 Å². The number of nitrogens with one attached hydrogen (secondary N) is 2. The number of amides is 1. The van der Waals surface area contributed by atoms with Crippen molar-refractivity contribution in [2.45, 2.75) is 6.92 Å². The normalized spacial score (nSPS) is 12.0. The summed E-state index contributed by atoms with van der Waals surface area (Å²) in [5.74, 6) is 1.92. The van der Waals surface area contributed by atoms with E-state index >= 15 is 0 Å². The zero-order valence-electron chi connectivity index (χ0n) is 10.8. The maximum absolute atomic E-state index is 12.0. The number of nitrogens with zero attached hydrogens (tertiary/aromatic N) is 1. The Morgan fingerprint density at radius 3 is 2.94 bits per heavy atom. The Labute approximate surface area is 117 Å². The number of anilines is 1. The third-order valence-electron chi connectivity index (χ3n) is 2.42. The molecule has 1 amide bonds. The van der Waals surface area contributed by atoms with Crippen LogP contribution in [0.2, 0.25) is 5.02 Å². The molecule has 2 N–H and O–H groups in total. The lowest BCUT2D eigenvalue weighted by atomic mass is 10.2. The van der Waals surface area contributed by atoms with Crippen LogP contribution in [0.5, 0.6) is 0 Å². The molecule has 1 heterocycles. The van der Waals surface area contributed by atoms with Crippen molar-refractivity contribution in [1.29, 1.82) is 0 Å². The zero-order chi connectivity index (χ0) is 13.5. The number of carbonyl (C=O) groups excluding carboxylic acids is 1. The number of rotatable bonds is 6. The summed E-state index contributed by atoms with van der Waals surface area (Å²) in [5, 5.41) is 6.13. The first-order chi connectivity index (χ1) is 8.58. The fraction of sp³-hybridized carbons (Fsp3) is 0.500. The third kappa shape index (κ3) is 4.38. The molecule has 0 aliphatic carbocycles. The number of hydrogen-bond donors (Lipinski definition) is 2. The lowest BCUT2D eigenvalue weighted by molar-refractivity contribution is 0.0949. The molecule has 6 heteroatoms. The molecule has 1 unspecified atom stereocenters. The van der Waals surface area contributed by atoms with Crippen molar-refractivity contribution in [3.8, 4) is 0 Å². The first kappa shape index (κ1) is 15.1. The number of aromatic nitrogens is 1. The molecule has 0 radical (unpaired) electrons. The summed E-state index contributed by atoms with van der Waals surface area (Å²) < 4.78 is 0. The van der Waals surface area contributed by atoms with E-state index < -0.39 is 0 Å². The Morgan fingerprint density at radius 2 is 2.33 bits per heavy atom. The van der Waals surface area contributed by atoms with Gasteiger partial charge < -0.3 is 10.6 Å². The van der Waals surface area contributed by atoms with Crippen molar-refractivity contribution in [1.82, 2.24) is 10.3 Å². The summed E-state index contributed by atoms with van der Waals surface area (Å²) in [7, 11) is 1.75. The Balaban J connectivity index is 2.66. The molecule has 1 aromatic heterocycles. The highest BCUT2D eigenvalue weighted by molar-refractivity contribution is 7.98. The van der Waals surface area contributed by atoms with Crippen LogP contribution in [0.25, 0.3) is 0 Å². The van der Waals surface area contributed by atoms with Crippen molar-refractivity contribution in [2.75, 3.05) is 30.9 Å². The molecule has 0 aromatic carbocycles. The summed E-state index contributed by atoms with van der Waals surface area (Å²) in [4.78, 5) is 16.0. The molecule has 0 aliphatic rings. The van der Waals surface area contributed by atoms with E-state index in [1.165, 1.54) is 6.20 Å². The molecular formula is C12H18ClN3OS. The van der Waals surface area contributed by atoms with Gasteiger partial charge in [0, 0.05) is 19.8 Å². The molecule has 1 atom stereocenters. The van der Waals surface area contributed by atoms with Crippen LogP contribution in [-0.2, 0) is 0 Å². The summed E-state index contributed by atoms with van der Waals surface area (Å²) >= 11 is 7.74. The van der Waals surface area contributed by atoms with E-state index in [1.54, 1.807) is 24.9 Å². The lowest BCUT2D eigenvalue weighted by Gasteiger charge is -2.12. The minimum atomic E-state index is -0.160. The van der Waals surface area contributed by atoms with Gasteiger partial charge in [0.2, 0.25) is 0 Å². The second-order valence-electron chi connectivity index (χ2n) is 4.07. The number of thioether (sulfide) groups is 1. The van der Waals surface area contributed by atoms with E-state index in [4.69, 9.17) is 11.6 Å². The number of carbonyl (C=O) groups is 1. The smallest absolute Gasteiger partial charge is 0.253 e. The Hall–Kier alpha value is -0.940. The average molecular weight is 288 g/mol. The van der Waals surface area contributed by atoms with Crippen molar-refractivity contribution in [2.24, 2.45) is 5.92 Å². The quantitative estimate of drug-likeness (QED) is 0.844. The van der Waals surface area contributed by atoms with E-state index in [2.05, 4.69) is 28.8 Å². The minimum Gasteiger partial charge on any atom is -0.373 e. The second kappa shape index (κ2) is 7.48. The van der Waals surface area contributed by atoms with Crippen LogP contribution < -0.4 is 10.6 Å². The maximum atomic E-state index is 12.0. The van der Waals surface area contributed by atoms with Crippen LogP contribution >= 0.6 is 23.4 Å². The summed E-state index contributed by atoms with van der Waals surface area (Å²) in [5.41, 5.74) is 0.451. The lowest BCUT2D eigenvalue weighted by Crippen LogP contribution is -2.29. The van der Waals surface area contributed by atoms with Crippen LogP contribution in [0, 0.1) is 5.92 Å². The third-order valence-corrected chi connectivity index (χ3v) is 3.62. The highest BCUT2D eigenvalue weighted by Gasteiger charge is 2.12. The average Bonchev–Trinajstić information content (AvgIpc) is 2.37. The first-order valence-corrected chi connectivity index (χ1v) is 7.46. The zero-order valence-corrected chi connectivity index (χ0v) is 12.4. The molecule has 1 aromatic rings. The fourth-order valence-corrected chi connectivity index (χ4v) is 2.33. The van der Waals surface area contributed by atoms with Gasteiger partial charge in [0.15, 0.2) is 0 Å². The molecule has 4 nitrogen and oxygen atoms in total. The Morgan fingerprint density at radius 1 is 1.61 bits per heavy atom. The van der Waals surface area contributed by atoms with E-state index in [0.717, 1.165) is 5.75 Å². The minimum absolute atomic E-state index is 0.160. The van der Waals surface area contributed by atoms with Crippen LogP contribution in [0.4, 0.5) is 5.82 Å². The molecule has 0 aliphatic heterocycles. The number of hydrogen-bond acceptors (Lipinski definition) is 4. The first-order valence-electron chi connectivity index (χ1n) is 5.69. The Bertz CT molecular complexity index is 414. The van der Waals surface area contributed by atoms with Crippen LogP contribution in [0.1, 0.15) is 17.3 Å². The molecule has 0 spiro atoms. The molecule has 0 saturated heterocycles. The predicted octanol–water partition coefficient (Wildman–Crippen LogP) is 2.51. The SMILES string of the molecule is CNc1cc(C(=O)NCC(C)CSC)c(Cl)cn1. The molecular weight excluding hydrogens is 270 g/mol. The molecule has 18 heavy (non-hydrogen) atoms. The van der Waals surface area contributed by atoms with Crippen LogP contribution in [0.15, 0.2) is 12.3 Å². The second-order valence-corrected chi connectivity index (χ2v) is 5.39. The highest BCUT2D eigenvalue weighted by Crippen LogP contribution is 2.17. The maximum Gasteiger partial charge on any atom is 0.253 e. The van der Waals surface area contributed by atoms with Gasteiger partial charge in [-0.3, -0.25) is 4.79 Å².